The fourth-order valence-corrected chi connectivity index (χ4v) is 5.69. The van der Waals surface area contributed by atoms with E-state index in [9.17, 15) is 9.18 Å². The molecule has 3 nitrogen and oxygen atoms in total. The maximum atomic E-state index is 13.2. The van der Waals surface area contributed by atoms with Crippen LogP contribution in [-0.2, 0) is 11.3 Å². The minimum absolute atomic E-state index is 0.0296. The second-order valence-electron chi connectivity index (χ2n) is 6.60. The third-order valence-electron chi connectivity index (χ3n) is 4.97. The lowest BCUT2D eigenvalue weighted by Crippen LogP contribution is -2.46. The first kappa shape index (κ1) is 17.1. The van der Waals surface area contributed by atoms with Crippen molar-refractivity contribution >= 4 is 29.0 Å². The van der Waals surface area contributed by atoms with Crippen LogP contribution in [0, 0.1) is 5.82 Å². The van der Waals surface area contributed by atoms with Gasteiger partial charge in [0.25, 0.3) is 0 Å². The summed E-state index contributed by atoms with van der Waals surface area (Å²) in [6, 6.07) is 11.2. The number of rotatable bonds is 4. The topological polar surface area (TPSA) is 23.6 Å². The lowest BCUT2D eigenvalue weighted by molar-refractivity contribution is -0.131. The van der Waals surface area contributed by atoms with E-state index in [1.54, 1.807) is 23.1 Å². The Balaban J connectivity index is 1.41. The summed E-state index contributed by atoms with van der Waals surface area (Å²) in [4.78, 5) is 18.4. The third kappa shape index (κ3) is 3.76. The molecular formula is C19H21FN2OS2. The molecule has 0 spiro atoms. The summed E-state index contributed by atoms with van der Waals surface area (Å²) in [6.07, 6.45) is 2.02. The molecule has 1 aromatic heterocycles. The smallest absolute Gasteiger partial charge is 0.234 e. The molecule has 1 aromatic carbocycles. The van der Waals surface area contributed by atoms with Crippen LogP contribution in [0.5, 0.6) is 0 Å². The van der Waals surface area contributed by atoms with Gasteiger partial charge in [-0.25, -0.2) is 4.39 Å². The van der Waals surface area contributed by atoms with Crippen molar-refractivity contribution in [2.24, 2.45) is 0 Å². The number of amides is 1. The van der Waals surface area contributed by atoms with Crippen molar-refractivity contribution in [2.45, 2.75) is 30.8 Å². The summed E-state index contributed by atoms with van der Waals surface area (Å²) in [5, 5.41) is 2.15. The molecule has 0 radical (unpaired) electrons. The number of hydrogen-bond donors (Lipinski definition) is 0. The standard InChI is InChI=1S/C19H21FN2OS2/c20-15-5-3-14(4-6-15)19-22(18(23)13-25-19)16-7-9-21(10-8-16)12-17-2-1-11-24-17/h1-6,11,16,19H,7-10,12-13H2. The number of piperidine rings is 1. The number of likely N-dealkylation sites (tertiary alicyclic amines) is 1. The molecule has 2 saturated heterocycles. The number of nitrogens with zero attached hydrogens (tertiary/aromatic N) is 2. The highest BCUT2D eigenvalue weighted by molar-refractivity contribution is 8.00. The van der Waals surface area contributed by atoms with Gasteiger partial charge in [0.1, 0.15) is 11.2 Å². The number of benzene rings is 1. The molecule has 3 heterocycles. The molecule has 0 bridgehead atoms. The van der Waals surface area contributed by atoms with Crippen LogP contribution in [0.25, 0.3) is 0 Å². The number of thioether (sulfide) groups is 1. The van der Waals surface area contributed by atoms with E-state index in [-0.39, 0.29) is 23.1 Å². The third-order valence-corrected chi connectivity index (χ3v) is 7.06. The van der Waals surface area contributed by atoms with Crippen molar-refractivity contribution in [1.82, 2.24) is 9.80 Å². The SMILES string of the molecule is O=C1CSC(c2ccc(F)cc2)N1C1CCN(Cc2cccs2)CC1. The van der Waals surface area contributed by atoms with Gasteiger partial charge in [0.05, 0.1) is 5.75 Å². The predicted octanol–water partition coefficient (Wildman–Crippen LogP) is 4.13. The van der Waals surface area contributed by atoms with Crippen LogP contribution < -0.4 is 0 Å². The number of carbonyl (C=O) groups excluding carboxylic acids is 1. The summed E-state index contributed by atoms with van der Waals surface area (Å²) in [5.41, 5.74) is 1.03. The zero-order valence-electron chi connectivity index (χ0n) is 13.9. The first-order valence-electron chi connectivity index (χ1n) is 8.63. The van der Waals surface area contributed by atoms with E-state index in [2.05, 4.69) is 27.3 Å². The van der Waals surface area contributed by atoms with E-state index in [1.807, 2.05) is 12.1 Å². The van der Waals surface area contributed by atoms with E-state index in [0.29, 0.717) is 5.75 Å². The van der Waals surface area contributed by atoms with Crippen LogP contribution in [0.15, 0.2) is 41.8 Å². The minimum atomic E-state index is -0.230. The van der Waals surface area contributed by atoms with Crippen LogP contribution in [0.3, 0.4) is 0 Å². The molecule has 2 aliphatic heterocycles. The summed E-state index contributed by atoms with van der Waals surface area (Å²) in [5.74, 6) is 0.514. The fourth-order valence-electron chi connectivity index (χ4n) is 3.69. The lowest BCUT2D eigenvalue weighted by Gasteiger charge is -2.39. The molecule has 1 amide bonds. The van der Waals surface area contributed by atoms with E-state index < -0.39 is 0 Å². The van der Waals surface area contributed by atoms with Gasteiger partial charge in [-0.1, -0.05) is 18.2 Å². The van der Waals surface area contributed by atoms with Crippen molar-refractivity contribution in [2.75, 3.05) is 18.8 Å². The van der Waals surface area contributed by atoms with E-state index >= 15 is 0 Å². The molecule has 0 saturated carbocycles. The number of carbonyl (C=O) groups is 1. The highest BCUT2D eigenvalue weighted by Gasteiger charge is 2.38. The Kier molecular flexibility index (Phi) is 5.10. The van der Waals surface area contributed by atoms with Crippen molar-refractivity contribution in [3.63, 3.8) is 0 Å². The Morgan fingerprint density at radius 1 is 1.12 bits per heavy atom. The van der Waals surface area contributed by atoms with Gasteiger partial charge in [0, 0.05) is 30.6 Å². The van der Waals surface area contributed by atoms with Crippen LogP contribution in [0.2, 0.25) is 0 Å². The van der Waals surface area contributed by atoms with Crippen molar-refractivity contribution in [3.05, 3.63) is 58.0 Å². The molecule has 2 fully saturated rings. The van der Waals surface area contributed by atoms with Crippen molar-refractivity contribution in [1.29, 1.82) is 0 Å². The Hall–Kier alpha value is -1.37. The summed E-state index contributed by atoms with van der Waals surface area (Å²) >= 11 is 3.46. The van der Waals surface area contributed by atoms with Gasteiger partial charge in [0.2, 0.25) is 5.91 Å². The molecule has 6 heteroatoms. The highest BCUT2D eigenvalue weighted by atomic mass is 32.2. The lowest BCUT2D eigenvalue weighted by atomic mass is 10.0. The first-order chi connectivity index (χ1) is 12.2. The van der Waals surface area contributed by atoms with Gasteiger partial charge in [-0.05, 0) is 42.0 Å². The van der Waals surface area contributed by atoms with Gasteiger partial charge in [0.15, 0.2) is 0 Å². The predicted molar refractivity (Wildman–Crippen MR) is 101 cm³/mol. The van der Waals surface area contributed by atoms with E-state index in [0.717, 1.165) is 38.0 Å². The van der Waals surface area contributed by atoms with Gasteiger partial charge in [-0.3, -0.25) is 9.69 Å². The van der Waals surface area contributed by atoms with Gasteiger partial charge in [-0.15, -0.1) is 23.1 Å². The Morgan fingerprint density at radius 3 is 2.56 bits per heavy atom. The number of halogens is 1. The molecule has 4 rings (SSSR count). The van der Waals surface area contributed by atoms with Crippen molar-refractivity contribution < 1.29 is 9.18 Å². The average Bonchev–Trinajstić information content (AvgIpc) is 3.26. The Labute approximate surface area is 155 Å². The zero-order chi connectivity index (χ0) is 17.2. The van der Waals surface area contributed by atoms with E-state index in [1.165, 1.54) is 17.0 Å². The van der Waals surface area contributed by atoms with Gasteiger partial charge >= 0.3 is 0 Å². The van der Waals surface area contributed by atoms with Crippen LogP contribution in [-0.4, -0.2) is 40.6 Å². The molecule has 2 aromatic rings. The monoisotopic (exact) mass is 376 g/mol. The normalized spacial score (nSPS) is 22.7. The highest BCUT2D eigenvalue weighted by Crippen LogP contribution is 2.41. The first-order valence-corrected chi connectivity index (χ1v) is 10.6. The second-order valence-corrected chi connectivity index (χ2v) is 8.70. The molecule has 25 heavy (non-hydrogen) atoms. The van der Waals surface area contributed by atoms with E-state index in [4.69, 9.17) is 0 Å². The Morgan fingerprint density at radius 2 is 1.88 bits per heavy atom. The average molecular weight is 377 g/mol. The van der Waals surface area contributed by atoms with Gasteiger partial charge < -0.3 is 4.90 Å². The fraction of sp³-hybridized carbons (Fsp3) is 0.421. The number of hydrogen-bond acceptors (Lipinski definition) is 4. The summed E-state index contributed by atoms with van der Waals surface area (Å²) in [6.45, 7) is 3.05. The van der Waals surface area contributed by atoms with Crippen molar-refractivity contribution in [3.8, 4) is 0 Å². The second kappa shape index (κ2) is 7.48. The number of thiophene rings is 1. The molecule has 132 valence electrons. The largest absolute Gasteiger partial charge is 0.323 e. The molecule has 1 unspecified atom stereocenters. The molecule has 1 atom stereocenters. The Bertz CT molecular complexity index is 712. The summed E-state index contributed by atoms with van der Waals surface area (Å²) in [7, 11) is 0. The maximum Gasteiger partial charge on any atom is 0.234 e. The quantitative estimate of drug-likeness (QED) is 0.802. The van der Waals surface area contributed by atoms with Crippen LogP contribution >= 0.6 is 23.1 Å². The van der Waals surface area contributed by atoms with Crippen LogP contribution in [0.1, 0.15) is 28.7 Å². The molecular weight excluding hydrogens is 355 g/mol. The molecule has 2 aliphatic rings. The minimum Gasteiger partial charge on any atom is -0.323 e. The van der Waals surface area contributed by atoms with Gasteiger partial charge in [-0.2, -0.15) is 0 Å². The molecule has 0 N–H and O–H groups in total. The summed E-state index contributed by atoms with van der Waals surface area (Å²) < 4.78 is 13.2. The van der Waals surface area contributed by atoms with Crippen LogP contribution in [0.4, 0.5) is 4.39 Å². The zero-order valence-corrected chi connectivity index (χ0v) is 15.6. The molecule has 0 aliphatic carbocycles. The maximum absolute atomic E-state index is 13.2.